The molecular weight excluding hydrogens is 422 g/mol. The summed E-state index contributed by atoms with van der Waals surface area (Å²) in [6.07, 6.45) is 5.20. The summed E-state index contributed by atoms with van der Waals surface area (Å²) in [5.41, 5.74) is 3.93. The number of amides is 2. The number of fused-ring (bicyclic) bond motifs is 2. The van der Waals surface area contributed by atoms with Crippen molar-refractivity contribution in [2.24, 2.45) is 5.92 Å². The number of H-pyrrole nitrogens is 1. The van der Waals surface area contributed by atoms with E-state index in [2.05, 4.69) is 15.4 Å². The maximum Gasteiger partial charge on any atom is 0.257 e. The van der Waals surface area contributed by atoms with Crippen LogP contribution in [0.2, 0.25) is 0 Å². The molecule has 1 N–H and O–H groups in total. The highest BCUT2D eigenvalue weighted by Crippen LogP contribution is 2.31. The van der Waals surface area contributed by atoms with Crippen molar-refractivity contribution >= 4 is 28.9 Å². The number of nitrogens with zero attached hydrogens (tertiary/aromatic N) is 4. The average molecular weight is 445 g/mol. The molecule has 33 heavy (non-hydrogen) atoms. The molecule has 1 fully saturated rings. The Morgan fingerprint density at radius 3 is 2.61 bits per heavy atom. The van der Waals surface area contributed by atoms with Gasteiger partial charge in [-0.25, -0.2) is 0 Å². The lowest BCUT2D eigenvalue weighted by atomic mass is 10.1. The van der Waals surface area contributed by atoms with Gasteiger partial charge in [0.2, 0.25) is 5.91 Å². The molecule has 9 nitrogen and oxygen atoms in total. The molecule has 168 valence electrons. The van der Waals surface area contributed by atoms with E-state index in [1.807, 2.05) is 18.3 Å². The number of carbonyl (C=O) groups excluding carboxylic acids is 2. The van der Waals surface area contributed by atoms with Crippen LogP contribution in [0.4, 0.5) is 0 Å². The summed E-state index contributed by atoms with van der Waals surface area (Å²) in [7, 11) is 3.18. The van der Waals surface area contributed by atoms with Crippen LogP contribution in [0.25, 0.3) is 17.1 Å². The summed E-state index contributed by atoms with van der Waals surface area (Å²) in [6, 6.07) is 10.8. The number of nitrogens with one attached hydrogen (secondary N) is 1. The predicted octanol–water partition coefficient (Wildman–Crippen LogP) is 2.49. The molecule has 0 unspecified atom stereocenters. The van der Waals surface area contributed by atoms with E-state index in [9.17, 15) is 9.59 Å². The Kier molecular flexibility index (Phi) is 5.29. The molecule has 0 bridgehead atoms. The molecular formula is C24H23N5O4. The standard InChI is InChI=1S/C24H23N5O4/c1-32-19-7-15(8-20(10-19)33-2)3-6-23(30)28-11-17-13-29(14-18(17)12-28)24(31)16-4-5-21-22(9-16)26-27-25-21/h3-10,13,18H,11-12,14H2,1-2H3,(H,25,26,27)/t18-/m1/s1. The molecule has 3 aromatic rings. The topological polar surface area (TPSA) is 101 Å². The maximum absolute atomic E-state index is 12.9. The van der Waals surface area contributed by atoms with Gasteiger partial charge in [0.25, 0.3) is 5.91 Å². The van der Waals surface area contributed by atoms with Crippen LogP contribution in [0, 0.1) is 5.92 Å². The lowest BCUT2D eigenvalue weighted by molar-refractivity contribution is -0.125. The molecule has 2 aliphatic heterocycles. The minimum atomic E-state index is -0.0773. The minimum absolute atomic E-state index is 0.0681. The molecule has 0 aliphatic carbocycles. The first kappa shape index (κ1) is 20.7. The number of ether oxygens (including phenoxy) is 2. The van der Waals surface area contributed by atoms with Gasteiger partial charge in [0.05, 0.1) is 19.7 Å². The van der Waals surface area contributed by atoms with Crippen molar-refractivity contribution in [3.63, 3.8) is 0 Å². The zero-order valence-corrected chi connectivity index (χ0v) is 18.3. The van der Waals surface area contributed by atoms with Crippen LogP contribution >= 0.6 is 0 Å². The fourth-order valence-electron chi connectivity index (χ4n) is 4.26. The largest absolute Gasteiger partial charge is 0.497 e. The first-order valence-corrected chi connectivity index (χ1v) is 10.6. The van der Waals surface area contributed by atoms with Gasteiger partial charge in [-0.1, -0.05) is 5.21 Å². The van der Waals surface area contributed by atoms with Crippen LogP contribution in [-0.2, 0) is 4.79 Å². The average Bonchev–Trinajstić information content (AvgIpc) is 3.56. The summed E-state index contributed by atoms with van der Waals surface area (Å²) in [6.45, 7) is 1.66. The van der Waals surface area contributed by atoms with Crippen LogP contribution < -0.4 is 9.47 Å². The Labute approximate surface area is 190 Å². The normalized spacial score (nSPS) is 17.5. The smallest absolute Gasteiger partial charge is 0.257 e. The molecule has 0 spiro atoms. The lowest BCUT2D eigenvalue weighted by Crippen LogP contribution is -2.32. The Morgan fingerprint density at radius 1 is 1.09 bits per heavy atom. The zero-order valence-electron chi connectivity index (χ0n) is 18.3. The summed E-state index contributed by atoms with van der Waals surface area (Å²) >= 11 is 0. The molecule has 5 rings (SSSR count). The number of likely N-dealkylation sites (tertiary alicyclic amines) is 1. The van der Waals surface area contributed by atoms with Gasteiger partial charge in [-0.2, -0.15) is 0 Å². The number of rotatable bonds is 5. The molecule has 2 amide bonds. The van der Waals surface area contributed by atoms with E-state index in [0.717, 1.165) is 16.7 Å². The number of aromatic nitrogens is 3. The van der Waals surface area contributed by atoms with Gasteiger partial charge in [0.1, 0.15) is 17.0 Å². The monoisotopic (exact) mass is 445 g/mol. The van der Waals surface area contributed by atoms with Crippen molar-refractivity contribution in [1.82, 2.24) is 25.2 Å². The van der Waals surface area contributed by atoms with E-state index < -0.39 is 0 Å². The maximum atomic E-state index is 12.9. The van der Waals surface area contributed by atoms with Crippen molar-refractivity contribution in [2.75, 3.05) is 33.9 Å². The molecule has 0 radical (unpaired) electrons. The van der Waals surface area contributed by atoms with Crippen molar-refractivity contribution in [2.45, 2.75) is 0 Å². The second kappa shape index (κ2) is 8.42. The lowest BCUT2D eigenvalue weighted by Gasteiger charge is -2.19. The van der Waals surface area contributed by atoms with Gasteiger partial charge in [-0.3, -0.25) is 14.7 Å². The SMILES string of the molecule is COc1cc(C=CC(=O)N2CC3=CN(C(=O)c4ccc5[nH]nnc5c4)C[C@H]3C2)cc(OC)c1. The molecule has 1 atom stereocenters. The van der Waals surface area contributed by atoms with Crippen LogP contribution in [0.3, 0.4) is 0 Å². The summed E-state index contributed by atoms with van der Waals surface area (Å²) in [5, 5.41) is 10.5. The number of methoxy groups -OCH3 is 2. The fraction of sp³-hybridized carbons (Fsp3) is 0.250. The fourth-order valence-corrected chi connectivity index (χ4v) is 4.26. The minimum Gasteiger partial charge on any atom is -0.497 e. The first-order chi connectivity index (χ1) is 16.0. The van der Waals surface area contributed by atoms with E-state index in [1.54, 1.807) is 60.4 Å². The van der Waals surface area contributed by atoms with E-state index in [-0.39, 0.29) is 17.7 Å². The van der Waals surface area contributed by atoms with Crippen LogP contribution in [0.5, 0.6) is 11.5 Å². The summed E-state index contributed by atoms with van der Waals surface area (Å²) in [4.78, 5) is 29.2. The van der Waals surface area contributed by atoms with E-state index in [0.29, 0.717) is 42.2 Å². The van der Waals surface area contributed by atoms with Crippen molar-refractivity contribution < 1.29 is 19.1 Å². The van der Waals surface area contributed by atoms with E-state index >= 15 is 0 Å². The van der Waals surface area contributed by atoms with Crippen molar-refractivity contribution in [3.8, 4) is 11.5 Å². The number of carbonyl (C=O) groups is 2. The highest BCUT2D eigenvalue weighted by molar-refractivity contribution is 5.98. The van der Waals surface area contributed by atoms with Gasteiger partial charge < -0.3 is 19.3 Å². The first-order valence-electron chi connectivity index (χ1n) is 10.6. The zero-order chi connectivity index (χ0) is 22.9. The van der Waals surface area contributed by atoms with Crippen molar-refractivity contribution in [3.05, 3.63) is 65.4 Å². The number of benzene rings is 2. The molecule has 1 saturated heterocycles. The van der Waals surface area contributed by atoms with Crippen LogP contribution in [0.1, 0.15) is 15.9 Å². The third-order valence-corrected chi connectivity index (χ3v) is 6.01. The molecule has 1 aromatic heterocycles. The third-order valence-electron chi connectivity index (χ3n) is 6.01. The Morgan fingerprint density at radius 2 is 1.88 bits per heavy atom. The van der Waals surface area contributed by atoms with E-state index in [1.165, 1.54) is 0 Å². The van der Waals surface area contributed by atoms with Crippen molar-refractivity contribution in [1.29, 1.82) is 0 Å². The molecule has 3 heterocycles. The highest BCUT2D eigenvalue weighted by Gasteiger charge is 2.36. The quantitative estimate of drug-likeness (QED) is 0.606. The highest BCUT2D eigenvalue weighted by atomic mass is 16.5. The molecule has 2 aliphatic rings. The van der Waals surface area contributed by atoms with Gasteiger partial charge >= 0.3 is 0 Å². The Balaban J connectivity index is 1.24. The second-order valence-corrected chi connectivity index (χ2v) is 8.10. The second-order valence-electron chi connectivity index (χ2n) is 8.10. The van der Waals surface area contributed by atoms with Crippen LogP contribution in [-0.4, -0.2) is 70.9 Å². The van der Waals surface area contributed by atoms with Gasteiger partial charge in [-0.15, -0.1) is 5.10 Å². The van der Waals surface area contributed by atoms with Gasteiger partial charge in [-0.05, 0) is 47.5 Å². The predicted molar refractivity (Wildman–Crippen MR) is 122 cm³/mol. The van der Waals surface area contributed by atoms with Gasteiger partial charge in [0.15, 0.2) is 0 Å². The number of hydrogen-bond acceptors (Lipinski definition) is 6. The Bertz CT molecular complexity index is 1270. The third kappa shape index (κ3) is 4.05. The number of hydrogen-bond donors (Lipinski definition) is 1. The van der Waals surface area contributed by atoms with E-state index in [4.69, 9.17) is 9.47 Å². The molecule has 2 aromatic carbocycles. The molecule has 9 heteroatoms. The molecule has 0 saturated carbocycles. The van der Waals surface area contributed by atoms with Gasteiger partial charge in [0, 0.05) is 49.5 Å². The summed E-state index contributed by atoms with van der Waals surface area (Å²) in [5.74, 6) is 1.33. The van der Waals surface area contributed by atoms with Crippen LogP contribution in [0.15, 0.2) is 54.2 Å². The summed E-state index contributed by atoms with van der Waals surface area (Å²) < 4.78 is 10.6. The number of aromatic amines is 1. The Hall–Kier alpha value is -4.14.